The molecule has 1 heterocycles. The summed E-state index contributed by atoms with van der Waals surface area (Å²) in [6.07, 6.45) is 0. The topological polar surface area (TPSA) is 64.6 Å². The third-order valence-corrected chi connectivity index (χ3v) is 7.39. The molecule has 102 valence electrons. The highest BCUT2D eigenvalue weighted by Gasteiger charge is 2.52. The monoisotopic (exact) mass is 298 g/mol. The third kappa shape index (κ3) is 4.74. The molecule has 0 aliphatic carbocycles. The molecule has 0 aromatic carbocycles. The summed E-state index contributed by atoms with van der Waals surface area (Å²) >= 11 is -1.85. The van der Waals surface area contributed by atoms with Crippen LogP contribution in [0.5, 0.6) is 0 Å². The van der Waals surface area contributed by atoms with Crippen molar-refractivity contribution in [2.24, 2.45) is 0 Å². The molecule has 1 fully saturated rings. The molecule has 0 aromatic rings. The minimum atomic E-state index is -2.10. The molecule has 0 amide bonds. The summed E-state index contributed by atoms with van der Waals surface area (Å²) in [5, 5.41) is 0. The van der Waals surface area contributed by atoms with Gasteiger partial charge >= 0.3 is 8.56 Å². The molecule has 0 saturated carbocycles. The molecule has 1 rings (SSSR count). The summed E-state index contributed by atoms with van der Waals surface area (Å²) in [6, 6.07) is 0. The fourth-order valence-corrected chi connectivity index (χ4v) is 6.19. The van der Waals surface area contributed by atoms with Crippen molar-refractivity contribution in [2.45, 2.75) is 32.5 Å². The van der Waals surface area contributed by atoms with E-state index in [1.807, 2.05) is 26.9 Å². The molecule has 1 aliphatic heterocycles. The van der Waals surface area contributed by atoms with Crippen molar-refractivity contribution in [3.05, 3.63) is 0 Å². The smallest absolute Gasteiger partial charge is 0.332 e. The molecular formula is C10H22O4S2Si. The molecule has 0 N–H and O–H groups in total. The maximum Gasteiger partial charge on any atom is 0.332 e. The second-order valence-electron chi connectivity index (χ2n) is 4.72. The Morgan fingerprint density at radius 3 is 1.88 bits per heavy atom. The van der Waals surface area contributed by atoms with Gasteiger partial charge in [0, 0.05) is 0 Å². The molecule has 1 saturated heterocycles. The Bertz CT molecular complexity index is 240. The van der Waals surface area contributed by atoms with Crippen LogP contribution in [0.4, 0.5) is 0 Å². The van der Waals surface area contributed by atoms with Crippen LogP contribution in [0, 0.1) is 0 Å². The predicted molar refractivity (Wildman–Crippen MR) is 74.4 cm³/mol. The molecule has 0 spiro atoms. The van der Waals surface area contributed by atoms with E-state index < -0.39 is 36.5 Å². The van der Waals surface area contributed by atoms with Crippen LogP contribution in [0.2, 0.25) is 13.1 Å². The van der Waals surface area contributed by atoms with Crippen molar-refractivity contribution in [3.63, 3.8) is 0 Å². The lowest BCUT2D eigenvalue weighted by atomic mass is 10.1. The number of hydrogen-bond acceptors (Lipinski definition) is 4. The minimum absolute atomic E-state index is 0.434. The molecule has 2 unspecified atom stereocenters. The first-order chi connectivity index (χ1) is 7.82. The van der Waals surface area contributed by atoms with E-state index in [9.17, 15) is 9.11 Å². The Labute approximate surface area is 111 Å². The highest BCUT2D eigenvalue weighted by Crippen LogP contribution is 2.31. The Morgan fingerprint density at radius 1 is 1.12 bits per heavy atom. The Kier molecular flexibility index (Phi) is 5.83. The van der Waals surface area contributed by atoms with Crippen molar-refractivity contribution in [1.82, 2.24) is 0 Å². The van der Waals surface area contributed by atoms with Crippen LogP contribution in [-0.2, 0) is 31.2 Å². The summed E-state index contributed by atoms with van der Waals surface area (Å²) in [4.78, 5) is 0. The summed E-state index contributed by atoms with van der Waals surface area (Å²) in [6.45, 7) is 8.15. The molecule has 0 radical (unpaired) electrons. The average molecular weight is 299 g/mol. The van der Waals surface area contributed by atoms with Crippen molar-refractivity contribution < 1.29 is 18.0 Å². The zero-order valence-corrected chi connectivity index (χ0v) is 13.6. The molecule has 7 heteroatoms. The highest BCUT2D eigenvalue weighted by atomic mass is 32.2. The van der Waals surface area contributed by atoms with Crippen molar-refractivity contribution in [1.29, 1.82) is 0 Å². The van der Waals surface area contributed by atoms with E-state index in [2.05, 4.69) is 0 Å². The molecule has 2 atom stereocenters. The van der Waals surface area contributed by atoms with Crippen LogP contribution >= 0.6 is 0 Å². The summed E-state index contributed by atoms with van der Waals surface area (Å²) in [7, 11) is -2.10. The van der Waals surface area contributed by atoms with Gasteiger partial charge in [-0.15, -0.1) is 0 Å². The van der Waals surface area contributed by atoms with Crippen LogP contribution in [0.25, 0.3) is 0 Å². The van der Waals surface area contributed by atoms with Crippen LogP contribution in [0.1, 0.15) is 13.8 Å². The van der Waals surface area contributed by atoms with E-state index in [1.54, 1.807) is 0 Å². The van der Waals surface area contributed by atoms with E-state index in [0.717, 1.165) is 0 Å². The van der Waals surface area contributed by atoms with Gasteiger partial charge in [-0.2, -0.15) is 0 Å². The molecule has 17 heavy (non-hydrogen) atoms. The van der Waals surface area contributed by atoms with Gasteiger partial charge in [-0.1, -0.05) is 22.4 Å². The van der Waals surface area contributed by atoms with E-state index in [0.29, 0.717) is 29.6 Å². The fraction of sp³-hybridized carbons (Fsp3) is 1.00. The normalized spacial score (nSPS) is 31.4. The molecule has 4 nitrogen and oxygen atoms in total. The van der Waals surface area contributed by atoms with Gasteiger partial charge in [0.15, 0.2) is 5.60 Å². The van der Waals surface area contributed by atoms with Gasteiger partial charge in [0.05, 0.1) is 6.61 Å². The lowest BCUT2D eigenvalue weighted by Crippen LogP contribution is -2.48. The van der Waals surface area contributed by atoms with Crippen molar-refractivity contribution in [2.75, 3.05) is 29.6 Å². The second-order valence-corrected chi connectivity index (χ2v) is 11.5. The van der Waals surface area contributed by atoms with Gasteiger partial charge in [-0.25, -0.2) is 0 Å². The van der Waals surface area contributed by atoms with Gasteiger partial charge in [0.1, 0.15) is 23.0 Å². The zero-order valence-electron chi connectivity index (χ0n) is 11.0. The molecular weight excluding hydrogens is 276 g/mol. The quantitative estimate of drug-likeness (QED) is 0.542. The van der Waals surface area contributed by atoms with Crippen LogP contribution in [0.15, 0.2) is 0 Å². The van der Waals surface area contributed by atoms with Crippen molar-refractivity contribution >= 4 is 30.9 Å². The standard InChI is InChI=1S/C10H22O4S2Si/c1-5-15(11)8-10(9-16(12)6-2)7-13-17(3,4)14-10/h5-9H2,1-4H3. The Hall–Kier alpha value is 0.757. The Morgan fingerprint density at radius 2 is 1.59 bits per heavy atom. The molecule has 0 bridgehead atoms. The summed E-state index contributed by atoms with van der Waals surface area (Å²) < 4.78 is 35.2. The average Bonchev–Trinajstić information content (AvgIpc) is 2.53. The SMILES string of the molecule is CC[S+]([O-])CC1(C[S+]([O-])CC)CO[Si](C)(C)O1. The zero-order chi connectivity index (χ0) is 13.1. The number of hydrogen-bond donors (Lipinski definition) is 0. The largest absolute Gasteiger partial charge is 0.616 e. The minimum Gasteiger partial charge on any atom is -0.616 e. The molecule has 0 aromatic heterocycles. The van der Waals surface area contributed by atoms with E-state index in [-0.39, 0.29) is 0 Å². The lowest BCUT2D eigenvalue weighted by molar-refractivity contribution is 0.139. The highest BCUT2D eigenvalue weighted by molar-refractivity contribution is 7.92. The van der Waals surface area contributed by atoms with Gasteiger partial charge in [0.2, 0.25) is 0 Å². The van der Waals surface area contributed by atoms with Crippen molar-refractivity contribution in [3.8, 4) is 0 Å². The van der Waals surface area contributed by atoms with Crippen LogP contribution in [0.3, 0.4) is 0 Å². The summed E-state index contributed by atoms with van der Waals surface area (Å²) in [5.41, 5.74) is -0.586. The first-order valence-electron chi connectivity index (χ1n) is 5.86. The van der Waals surface area contributed by atoms with Gasteiger partial charge in [-0.3, -0.25) is 0 Å². The maximum absolute atomic E-state index is 11.7. The van der Waals surface area contributed by atoms with E-state index in [4.69, 9.17) is 8.85 Å². The maximum atomic E-state index is 11.7. The van der Waals surface area contributed by atoms with Gasteiger partial charge in [0.25, 0.3) is 0 Å². The predicted octanol–water partition coefficient (Wildman–Crippen LogP) is 1.01. The van der Waals surface area contributed by atoms with Gasteiger partial charge in [-0.05, 0) is 26.9 Å². The first kappa shape index (κ1) is 15.8. The lowest BCUT2D eigenvalue weighted by Gasteiger charge is -2.29. The second kappa shape index (κ2) is 6.27. The fourth-order valence-electron chi connectivity index (χ4n) is 1.86. The number of rotatable bonds is 6. The third-order valence-electron chi connectivity index (χ3n) is 2.64. The van der Waals surface area contributed by atoms with E-state index in [1.165, 1.54) is 0 Å². The molecule has 1 aliphatic rings. The van der Waals surface area contributed by atoms with E-state index >= 15 is 0 Å². The van der Waals surface area contributed by atoms with Crippen LogP contribution < -0.4 is 0 Å². The van der Waals surface area contributed by atoms with Crippen LogP contribution in [-0.4, -0.2) is 52.9 Å². The van der Waals surface area contributed by atoms with Gasteiger partial charge < -0.3 is 18.0 Å². The first-order valence-corrected chi connectivity index (χ1v) is 11.7. The summed E-state index contributed by atoms with van der Waals surface area (Å²) in [5.74, 6) is 2.08. The Balaban J connectivity index is 2.72.